The third kappa shape index (κ3) is 2.94. The SMILES string of the molecule is NC1CC(N2CC3=C(C2)NCCC3)CO[C@@H]1c1cc(F)ccc1F. The van der Waals surface area contributed by atoms with Gasteiger partial charge >= 0.3 is 0 Å². The molecule has 1 saturated heterocycles. The maximum Gasteiger partial charge on any atom is 0.129 e. The fourth-order valence-corrected chi connectivity index (χ4v) is 4.07. The van der Waals surface area contributed by atoms with E-state index in [1.165, 1.54) is 23.8 Å². The molecule has 1 aromatic rings. The first kappa shape index (κ1) is 16.0. The molecule has 2 unspecified atom stereocenters. The van der Waals surface area contributed by atoms with Crippen molar-refractivity contribution >= 4 is 0 Å². The number of nitrogens with two attached hydrogens (primary N) is 1. The van der Waals surface area contributed by atoms with Crippen LogP contribution in [-0.2, 0) is 4.74 Å². The molecule has 0 amide bonds. The van der Waals surface area contributed by atoms with Crippen molar-refractivity contribution in [3.05, 3.63) is 46.7 Å². The Labute approximate surface area is 140 Å². The topological polar surface area (TPSA) is 50.5 Å². The van der Waals surface area contributed by atoms with Crippen LogP contribution >= 0.6 is 0 Å². The molecular weight excluding hydrogens is 312 g/mol. The van der Waals surface area contributed by atoms with Crippen molar-refractivity contribution in [1.29, 1.82) is 0 Å². The van der Waals surface area contributed by atoms with Crippen LogP contribution in [0.15, 0.2) is 29.5 Å². The van der Waals surface area contributed by atoms with Crippen LogP contribution in [0.5, 0.6) is 0 Å². The highest BCUT2D eigenvalue weighted by atomic mass is 19.1. The molecule has 0 saturated carbocycles. The minimum atomic E-state index is -0.583. The molecule has 24 heavy (non-hydrogen) atoms. The summed E-state index contributed by atoms with van der Waals surface area (Å²) < 4.78 is 33.3. The van der Waals surface area contributed by atoms with Crippen molar-refractivity contribution in [2.24, 2.45) is 5.73 Å². The van der Waals surface area contributed by atoms with E-state index in [1.807, 2.05) is 0 Å². The Hall–Kier alpha value is -1.50. The van der Waals surface area contributed by atoms with E-state index in [1.54, 1.807) is 0 Å². The number of nitrogens with one attached hydrogen (secondary N) is 1. The maximum atomic E-state index is 14.0. The standard InChI is InChI=1S/C18H23F2N3O/c19-12-3-4-15(20)14(6-12)18-16(21)7-13(10-24-18)23-8-11-2-1-5-22-17(11)9-23/h3-4,6,13,16,18,22H,1-2,5,7-10,21H2/t13?,16?,18-/m1/s1. The highest BCUT2D eigenvalue weighted by molar-refractivity contribution is 5.26. The van der Waals surface area contributed by atoms with Crippen LogP contribution in [0.1, 0.15) is 30.9 Å². The summed E-state index contributed by atoms with van der Waals surface area (Å²) in [5, 5.41) is 3.48. The van der Waals surface area contributed by atoms with Crippen LogP contribution in [-0.4, -0.2) is 43.2 Å². The number of ether oxygens (including phenoxy) is 1. The molecule has 1 fully saturated rings. The third-order valence-electron chi connectivity index (χ3n) is 5.36. The lowest BCUT2D eigenvalue weighted by atomic mass is 9.93. The summed E-state index contributed by atoms with van der Waals surface area (Å²) in [4.78, 5) is 2.39. The fraction of sp³-hybridized carbons (Fsp3) is 0.556. The predicted molar refractivity (Wildman–Crippen MR) is 87.3 cm³/mol. The molecule has 0 bridgehead atoms. The molecule has 4 rings (SSSR count). The molecule has 3 aliphatic rings. The molecule has 6 heteroatoms. The Morgan fingerprint density at radius 1 is 1.25 bits per heavy atom. The van der Waals surface area contributed by atoms with Gasteiger partial charge < -0.3 is 15.8 Å². The van der Waals surface area contributed by atoms with Crippen LogP contribution in [0, 0.1) is 11.6 Å². The Morgan fingerprint density at radius 2 is 2.12 bits per heavy atom. The Morgan fingerprint density at radius 3 is 2.92 bits per heavy atom. The summed E-state index contributed by atoms with van der Waals surface area (Å²) in [6, 6.07) is 3.33. The van der Waals surface area contributed by atoms with Gasteiger partial charge in [-0.15, -0.1) is 0 Å². The number of hydrogen-bond donors (Lipinski definition) is 2. The van der Waals surface area contributed by atoms with Gasteiger partial charge in [-0.05, 0) is 43.0 Å². The van der Waals surface area contributed by atoms with Crippen molar-refractivity contribution in [2.75, 3.05) is 26.2 Å². The van der Waals surface area contributed by atoms with Crippen LogP contribution < -0.4 is 11.1 Å². The molecule has 4 nitrogen and oxygen atoms in total. The second-order valence-corrected chi connectivity index (χ2v) is 6.99. The second-order valence-electron chi connectivity index (χ2n) is 6.99. The Bertz CT molecular complexity index is 646. The van der Waals surface area contributed by atoms with E-state index in [-0.39, 0.29) is 17.6 Å². The van der Waals surface area contributed by atoms with Crippen molar-refractivity contribution in [1.82, 2.24) is 10.2 Å². The summed E-state index contributed by atoms with van der Waals surface area (Å²) in [7, 11) is 0. The van der Waals surface area contributed by atoms with E-state index < -0.39 is 17.7 Å². The monoisotopic (exact) mass is 335 g/mol. The number of benzene rings is 1. The van der Waals surface area contributed by atoms with Gasteiger partial charge in [-0.25, -0.2) is 8.78 Å². The molecule has 3 heterocycles. The van der Waals surface area contributed by atoms with Gasteiger partial charge in [0, 0.05) is 43.0 Å². The first-order valence-electron chi connectivity index (χ1n) is 8.63. The normalized spacial score (nSPS) is 31.0. The quantitative estimate of drug-likeness (QED) is 0.869. The fourth-order valence-electron chi connectivity index (χ4n) is 4.07. The third-order valence-corrected chi connectivity index (χ3v) is 5.36. The molecule has 0 aliphatic carbocycles. The lowest BCUT2D eigenvalue weighted by molar-refractivity contribution is -0.0465. The highest BCUT2D eigenvalue weighted by Crippen LogP contribution is 2.33. The van der Waals surface area contributed by atoms with E-state index in [2.05, 4.69) is 10.2 Å². The van der Waals surface area contributed by atoms with Gasteiger partial charge in [-0.3, -0.25) is 4.90 Å². The molecule has 0 aromatic heterocycles. The zero-order valence-electron chi connectivity index (χ0n) is 13.6. The van der Waals surface area contributed by atoms with Gasteiger partial charge in [-0.2, -0.15) is 0 Å². The van der Waals surface area contributed by atoms with Gasteiger partial charge in [0.15, 0.2) is 0 Å². The van der Waals surface area contributed by atoms with E-state index in [9.17, 15) is 8.78 Å². The first-order chi connectivity index (χ1) is 11.6. The van der Waals surface area contributed by atoms with Crippen LogP contribution in [0.25, 0.3) is 0 Å². The summed E-state index contributed by atoms with van der Waals surface area (Å²) in [5.74, 6) is -0.926. The number of nitrogens with zero attached hydrogens (tertiary/aromatic N) is 1. The van der Waals surface area contributed by atoms with Crippen molar-refractivity contribution in [3.63, 3.8) is 0 Å². The van der Waals surface area contributed by atoms with Crippen molar-refractivity contribution in [2.45, 2.75) is 37.5 Å². The van der Waals surface area contributed by atoms with Crippen LogP contribution in [0.3, 0.4) is 0 Å². The summed E-state index contributed by atoms with van der Waals surface area (Å²) in [5.41, 5.74) is 9.34. The van der Waals surface area contributed by atoms with Gasteiger partial charge in [0.05, 0.1) is 6.61 Å². The summed E-state index contributed by atoms with van der Waals surface area (Å²) in [6.45, 7) is 3.42. The highest BCUT2D eigenvalue weighted by Gasteiger charge is 2.37. The summed E-state index contributed by atoms with van der Waals surface area (Å²) in [6.07, 6.45) is 2.49. The van der Waals surface area contributed by atoms with E-state index in [4.69, 9.17) is 10.5 Å². The van der Waals surface area contributed by atoms with E-state index >= 15 is 0 Å². The van der Waals surface area contributed by atoms with E-state index in [0.29, 0.717) is 6.61 Å². The smallest absolute Gasteiger partial charge is 0.129 e. The van der Waals surface area contributed by atoms with Crippen LogP contribution in [0.4, 0.5) is 8.78 Å². The van der Waals surface area contributed by atoms with Gasteiger partial charge in [0.2, 0.25) is 0 Å². The van der Waals surface area contributed by atoms with Crippen molar-refractivity contribution < 1.29 is 13.5 Å². The molecule has 3 N–H and O–H groups in total. The molecule has 3 atom stereocenters. The van der Waals surface area contributed by atoms with Crippen LogP contribution in [0.2, 0.25) is 0 Å². The van der Waals surface area contributed by atoms with Crippen molar-refractivity contribution in [3.8, 4) is 0 Å². The molecule has 3 aliphatic heterocycles. The Kier molecular flexibility index (Phi) is 4.28. The van der Waals surface area contributed by atoms with Gasteiger partial charge in [0.25, 0.3) is 0 Å². The van der Waals surface area contributed by atoms with E-state index in [0.717, 1.165) is 44.6 Å². The zero-order valence-corrected chi connectivity index (χ0v) is 13.6. The average molecular weight is 335 g/mol. The second kappa shape index (κ2) is 6.43. The molecule has 130 valence electrons. The lowest BCUT2D eigenvalue weighted by Crippen LogP contribution is -2.49. The Balaban J connectivity index is 1.43. The number of hydrogen-bond acceptors (Lipinski definition) is 4. The van der Waals surface area contributed by atoms with Gasteiger partial charge in [-0.1, -0.05) is 0 Å². The largest absolute Gasteiger partial charge is 0.387 e. The molecule has 0 radical (unpaired) electrons. The minimum absolute atomic E-state index is 0.222. The predicted octanol–water partition coefficient (Wildman–Crippen LogP) is 2.08. The zero-order chi connectivity index (χ0) is 16.7. The molecule has 0 spiro atoms. The van der Waals surface area contributed by atoms with Gasteiger partial charge in [0.1, 0.15) is 17.7 Å². The molecule has 1 aromatic carbocycles. The minimum Gasteiger partial charge on any atom is -0.387 e. The number of halogens is 2. The first-order valence-corrected chi connectivity index (χ1v) is 8.63. The summed E-state index contributed by atoms with van der Waals surface area (Å²) >= 11 is 0. The molecular formula is C18H23F2N3O. The lowest BCUT2D eigenvalue weighted by Gasteiger charge is -2.38. The number of rotatable bonds is 2. The maximum absolute atomic E-state index is 14.0. The average Bonchev–Trinajstić information content (AvgIpc) is 3.01.